The fourth-order valence-corrected chi connectivity index (χ4v) is 3.05. The highest BCUT2D eigenvalue weighted by molar-refractivity contribution is 6.39. The topological polar surface area (TPSA) is 91.8 Å². The molecule has 7 nitrogen and oxygen atoms in total. The monoisotopic (exact) mass is 373 g/mol. The molecule has 136 valence electrons. The van der Waals surface area contributed by atoms with Crippen molar-refractivity contribution in [3.63, 3.8) is 0 Å². The number of aryl methyl sites for hydroxylation is 2. The van der Waals surface area contributed by atoms with Gasteiger partial charge in [-0.3, -0.25) is 14.3 Å². The summed E-state index contributed by atoms with van der Waals surface area (Å²) in [4.78, 5) is 27.3. The van der Waals surface area contributed by atoms with Gasteiger partial charge in [-0.2, -0.15) is 5.10 Å². The van der Waals surface area contributed by atoms with E-state index in [-0.39, 0.29) is 0 Å². The minimum absolute atomic E-state index is 0.344. The number of nitrogens with zero attached hydrogens (tertiary/aromatic N) is 2. The molecule has 0 bridgehead atoms. The van der Waals surface area contributed by atoms with Crippen LogP contribution in [0.2, 0.25) is 5.02 Å². The van der Waals surface area contributed by atoms with Gasteiger partial charge in [0.15, 0.2) is 0 Å². The molecule has 0 spiro atoms. The number of hydrogen-bond donors (Lipinski definition) is 3. The maximum Gasteiger partial charge on any atom is 0.313 e. The molecule has 0 aliphatic carbocycles. The Morgan fingerprint density at radius 2 is 2.04 bits per heavy atom. The van der Waals surface area contributed by atoms with E-state index < -0.39 is 11.8 Å². The van der Waals surface area contributed by atoms with Crippen LogP contribution in [-0.2, 0) is 23.1 Å². The molecule has 0 radical (unpaired) electrons. The molecular weight excluding hydrogens is 354 g/mol. The molecular formula is C18H20ClN5O2. The highest BCUT2D eigenvalue weighted by Gasteiger charge is 2.18. The van der Waals surface area contributed by atoms with Crippen LogP contribution in [0.1, 0.15) is 17.0 Å². The predicted molar refractivity (Wildman–Crippen MR) is 101 cm³/mol. The van der Waals surface area contributed by atoms with Gasteiger partial charge in [-0.15, -0.1) is 0 Å². The third kappa shape index (κ3) is 3.57. The van der Waals surface area contributed by atoms with Crippen LogP contribution in [0.15, 0.2) is 24.4 Å². The molecule has 2 heterocycles. The SMILES string of the molecule is Cc1nn(C)c(C)c1NC(=O)C(=O)NCCc1c[nH]c2ccc(Cl)cc12. The molecule has 0 fully saturated rings. The summed E-state index contributed by atoms with van der Waals surface area (Å²) in [5.74, 6) is -1.38. The number of amides is 2. The number of H-pyrrole nitrogens is 1. The Bertz CT molecular complexity index is 989. The smallest absolute Gasteiger partial charge is 0.313 e. The number of aromatic amines is 1. The van der Waals surface area contributed by atoms with E-state index in [1.165, 1.54) is 0 Å². The lowest BCUT2D eigenvalue weighted by Gasteiger charge is -2.07. The van der Waals surface area contributed by atoms with E-state index in [1.54, 1.807) is 18.7 Å². The zero-order valence-corrected chi connectivity index (χ0v) is 15.6. The molecule has 3 rings (SSSR count). The zero-order valence-electron chi connectivity index (χ0n) is 14.8. The minimum atomic E-state index is -0.703. The summed E-state index contributed by atoms with van der Waals surface area (Å²) in [6, 6.07) is 5.61. The number of anilines is 1. The van der Waals surface area contributed by atoms with Gasteiger partial charge >= 0.3 is 11.8 Å². The van der Waals surface area contributed by atoms with Gasteiger partial charge in [-0.1, -0.05) is 11.6 Å². The first-order valence-corrected chi connectivity index (χ1v) is 8.59. The van der Waals surface area contributed by atoms with Gasteiger partial charge < -0.3 is 15.6 Å². The Morgan fingerprint density at radius 1 is 1.27 bits per heavy atom. The van der Waals surface area contributed by atoms with Gasteiger partial charge in [0.2, 0.25) is 0 Å². The van der Waals surface area contributed by atoms with E-state index in [9.17, 15) is 9.59 Å². The summed E-state index contributed by atoms with van der Waals surface area (Å²) in [5, 5.41) is 11.1. The number of fused-ring (bicyclic) bond motifs is 1. The van der Waals surface area contributed by atoms with Crippen molar-refractivity contribution < 1.29 is 9.59 Å². The lowest BCUT2D eigenvalue weighted by atomic mass is 10.1. The van der Waals surface area contributed by atoms with E-state index in [1.807, 2.05) is 31.3 Å². The van der Waals surface area contributed by atoms with Crippen LogP contribution in [0.5, 0.6) is 0 Å². The van der Waals surface area contributed by atoms with E-state index in [4.69, 9.17) is 11.6 Å². The normalized spacial score (nSPS) is 10.9. The summed E-state index contributed by atoms with van der Waals surface area (Å²) in [6.45, 7) is 3.95. The van der Waals surface area contributed by atoms with E-state index in [0.717, 1.165) is 22.2 Å². The summed E-state index contributed by atoms with van der Waals surface area (Å²) in [7, 11) is 1.78. The maximum absolute atomic E-state index is 12.1. The number of nitrogens with one attached hydrogen (secondary N) is 3. The molecule has 3 aromatic rings. The Labute approximate surface area is 155 Å². The van der Waals surface area contributed by atoms with Crippen LogP contribution >= 0.6 is 11.6 Å². The summed E-state index contributed by atoms with van der Waals surface area (Å²) in [5.41, 5.74) is 4.04. The lowest BCUT2D eigenvalue weighted by Crippen LogP contribution is -2.36. The van der Waals surface area contributed by atoms with Crippen molar-refractivity contribution in [2.45, 2.75) is 20.3 Å². The fourth-order valence-electron chi connectivity index (χ4n) is 2.87. The molecule has 0 aliphatic heterocycles. The second kappa shape index (κ2) is 7.21. The van der Waals surface area contributed by atoms with Crippen molar-refractivity contribution >= 4 is 40.0 Å². The van der Waals surface area contributed by atoms with Gasteiger partial charge in [0.05, 0.1) is 17.1 Å². The van der Waals surface area contributed by atoms with Crippen molar-refractivity contribution in [2.75, 3.05) is 11.9 Å². The standard InChI is InChI=1S/C18H20ClN5O2/c1-10-16(11(2)24(3)23-10)22-18(26)17(25)20-7-6-12-9-21-15-5-4-13(19)8-14(12)15/h4-5,8-9,21H,6-7H2,1-3H3,(H,20,25)(H,22,26). The molecule has 0 atom stereocenters. The number of aromatic nitrogens is 3. The van der Waals surface area contributed by atoms with E-state index in [2.05, 4.69) is 20.7 Å². The number of rotatable bonds is 4. The lowest BCUT2D eigenvalue weighted by molar-refractivity contribution is -0.136. The van der Waals surface area contributed by atoms with Crippen molar-refractivity contribution in [1.29, 1.82) is 0 Å². The Hall–Kier alpha value is -2.80. The highest BCUT2D eigenvalue weighted by Crippen LogP contribution is 2.22. The molecule has 0 saturated heterocycles. The first-order chi connectivity index (χ1) is 12.4. The van der Waals surface area contributed by atoms with Crippen molar-refractivity contribution in [3.8, 4) is 0 Å². The predicted octanol–water partition coefficient (Wildman–Crippen LogP) is 2.47. The molecule has 8 heteroatoms. The van der Waals surface area contributed by atoms with Crippen molar-refractivity contribution in [1.82, 2.24) is 20.1 Å². The zero-order chi connectivity index (χ0) is 18.8. The van der Waals surface area contributed by atoms with Crippen LogP contribution in [0, 0.1) is 13.8 Å². The summed E-state index contributed by atoms with van der Waals surface area (Å²) < 4.78 is 1.66. The van der Waals surface area contributed by atoms with Gasteiger partial charge in [0, 0.05) is 35.7 Å². The maximum atomic E-state index is 12.1. The number of benzene rings is 1. The van der Waals surface area contributed by atoms with E-state index in [0.29, 0.717) is 29.4 Å². The second-order valence-electron chi connectivity index (χ2n) is 6.13. The number of carbonyl (C=O) groups is 2. The Morgan fingerprint density at radius 3 is 2.73 bits per heavy atom. The second-order valence-corrected chi connectivity index (χ2v) is 6.57. The molecule has 0 saturated carbocycles. The van der Waals surface area contributed by atoms with Crippen LogP contribution in [0.4, 0.5) is 5.69 Å². The third-order valence-electron chi connectivity index (χ3n) is 4.36. The Balaban J connectivity index is 1.58. The minimum Gasteiger partial charge on any atom is -0.361 e. The van der Waals surface area contributed by atoms with Crippen LogP contribution in [-0.4, -0.2) is 33.1 Å². The average Bonchev–Trinajstić information content (AvgIpc) is 3.10. The van der Waals surface area contributed by atoms with Gasteiger partial charge in [0.1, 0.15) is 0 Å². The first-order valence-electron chi connectivity index (χ1n) is 8.21. The molecule has 0 unspecified atom stereocenters. The quantitative estimate of drug-likeness (QED) is 0.613. The van der Waals surface area contributed by atoms with Gasteiger partial charge in [-0.25, -0.2) is 0 Å². The Kier molecular flexibility index (Phi) is 4.99. The number of hydrogen-bond acceptors (Lipinski definition) is 3. The third-order valence-corrected chi connectivity index (χ3v) is 4.60. The van der Waals surface area contributed by atoms with Gasteiger partial charge in [0.25, 0.3) is 0 Å². The van der Waals surface area contributed by atoms with Gasteiger partial charge in [-0.05, 0) is 44.0 Å². The summed E-state index contributed by atoms with van der Waals surface area (Å²) >= 11 is 6.03. The molecule has 1 aromatic carbocycles. The van der Waals surface area contributed by atoms with Crippen LogP contribution < -0.4 is 10.6 Å². The van der Waals surface area contributed by atoms with Crippen LogP contribution in [0.25, 0.3) is 10.9 Å². The highest BCUT2D eigenvalue weighted by atomic mass is 35.5. The van der Waals surface area contributed by atoms with Crippen molar-refractivity contribution in [3.05, 3.63) is 46.4 Å². The molecule has 26 heavy (non-hydrogen) atoms. The molecule has 3 N–H and O–H groups in total. The summed E-state index contributed by atoms with van der Waals surface area (Å²) in [6.07, 6.45) is 2.47. The van der Waals surface area contributed by atoms with Crippen molar-refractivity contribution in [2.24, 2.45) is 7.05 Å². The van der Waals surface area contributed by atoms with E-state index >= 15 is 0 Å². The number of carbonyl (C=O) groups excluding carboxylic acids is 2. The molecule has 0 aliphatic rings. The largest absolute Gasteiger partial charge is 0.361 e. The van der Waals surface area contributed by atoms with Crippen LogP contribution in [0.3, 0.4) is 0 Å². The molecule has 2 aromatic heterocycles. The average molecular weight is 374 g/mol. The molecule has 2 amide bonds. The first kappa shape index (κ1) is 18.0. The fraction of sp³-hybridized carbons (Fsp3) is 0.278. The number of halogens is 1.